The molecule has 0 spiro atoms. The van der Waals surface area contributed by atoms with E-state index in [1.54, 1.807) is 11.3 Å². The van der Waals surface area contributed by atoms with Gasteiger partial charge in [-0.25, -0.2) is 4.98 Å². The van der Waals surface area contributed by atoms with Gasteiger partial charge in [-0.1, -0.05) is 0 Å². The SMILES string of the molecule is Cc1ncsc1CNc1snc(N)c1C. The van der Waals surface area contributed by atoms with Crippen molar-refractivity contribution in [2.24, 2.45) is 0 Å². The summed E-state index contributed by atoms with van der Waals surface area (Å²) in [5.41, 5.74) is 9.65. The zero-order valence-electron chi connectivity index (χ0n) is 8.57. The molecule has 0 atom stereocenters. The Morgan fingerprint density at radius 2 is 2.27 bits per heavy atom. The molecule has 0 radical (unpaired) electrons. The minimum atomic E-state index is 0.614. The van der Waals surface area contributed by atoms with Gasteiger partial charge in [-0.15, -0.1) is 11.3 Å². The summed E-state index contributed by atoms with van der Waals surface area (Å²) in [6.07, 6.45) is 0. The molecule has 0 saturated carbocycles. The average Bonchev–Trinajstić information content (AvgIpc) is 2.74. The minimum absolute atomic E-state index is 0.614. The molecule has 0 aromatic carbocycles. The first-order chi connectivity index (χ1) is 7.18. The highest BCUT2D eigenvalue weighted by Gasteiger charge is 2.07. The van der Waals surface area contributed by atoms with Crippen LogP contribution in [0, 0.1) is 13.8 Å². The smallest absolute Gasteiger partial charge is 0.142 e. The molecule has 2 heterocycles. The summed E-state index contributed by atoms with van der Waals surface area (Å²) in [7, 11) is 0. The largest absolute Gasteiger partial charge is 0.383 e. The lowest BCUT2D eigenvalue weighted by Gasteiger charge is -2.02. The summed E-state index contributed by atoms with van der Waals surface area (Å²) in [6, 6.07) is 0. The standard InChI is InChI=1S/C9H12N4S2/c1-5-8(10)13-15-9(5)11-3-7-6(2)12-4-14-7/h4,11H,3H2,1-2H3,(H2,10,13). The van der Waals surface area contributed by atoms with Crippen LogP contribution in [0.2, 0.25) is 0 Å². The third-order valence-electron chi connectivity index (χ3n) is 2.21. The summed E-state index contributed by atoms with van der Waals surface area (Å²) in [5, 5.41) is 4.37. The lowest BCUT2D eigenvalue weighted by molar-refractivity contribution is 1.12. The molecular weight excluding hydrogens is 228 g/mol. The van der Waals surface area contributed by atoms with Gasteiger partial charge in [0.05, 0.1) is 17.7 Å². The summed E-state index contributed by atoms with van der Waals surface area (Å²) in [5.74, 6) is 0.614. The molecule has 4 nitrogen and oxygen atoms in total. The van der Waals surface area contributed by atoms with E-state index in [9.17, 15) is 0 Å². The Kier molecular flexibility index (Phi) is 2.88. The Bertz CT molecular complexity index is 460. The molecule has 0 unspecified atom stereocenters. The van der Waals surface area contributed by atoms with Crippen LogP contribution in [-0.2, 0) is 6.54 Å². The predicted octanol–water partition coefficient (Wildman–Crippen LogP) is 2.41. The molecular formula is C9H12N4S2. The van der Waals surface area contributed by atoms with E-state index >= 15 is 0 Å². The molecule has 80 valence electrons. The topological polar surface area (TPSA) is 63.8 Å². The van der Waals surface area contributed by atoms with Crippen LogP contribution in [0.1, 0.15) is 16.1 Å². The molecule has 3 N–H and O–H groups in total. The molecule has 2 aromatic heterocycles. The molecule has 6 heteroatoms. The van der Waals surface area contributed by atoms with Gasteiger partial charge in [-0.2, -0.15) is 4.37 Å². The molecule has 0 amide bonds. The normalized spacial score (nSPS) is 10.5. The van der Waals surface area contributed by atoms with Gasteiger partial charge in [-0.05, 0) is 25.4 Å². The van der Waals surface area contributed by atoms with E-state index in [0.717, 1.165) is 22.8 Å². The van der Waals surface area contributed by atoms with Gasteiger partial charge >= 0.3 is 0 Å². The van der Waals surface area contributed by atoms with Crippen LogP contribution < -0.4 is 11.1 Å². The maximum atomic E-state index is 5.67. The number of nitrogens with zero attached hydrogens (tertiary/aromatic N) is 2. The Labute approximate surface area is 96.3 Å². The number of nitrogens with one attached hydrogen (secondary N) is 1. The molecule has 2 aromatic rings. The number of aromatic nitrogens is 2. The van der Waals surface area contributed by atoms with E-state index in [1.807, 2.05) is 19.4 Å². The zero-order chi connectivity index (χ0) is 10.8. The number of hydrogen-bond donors (Lipinski definition) is 2. The van der Waals surface area contributed by atoms with Crippen LogP contribution in [-0.4, -0.2) is 9.36 Å². The highest BCUT2D eigenvalue weighted by molar-refractivity contribution is 7.11. The highest BCUT2D eigenvalue weighted by Crippen LogP contribution is 2.26. The van der Waals surface area contributed by atoms with Crippen LogP contribution in [0.5, 0.6) is 0 Å². The van der Waals surface area contributed by atoms with Gasteiger partial charge < -0.3 is 11.1 Å². The second-order valence-electron chi connectivity index (χ2n) is 3.24. The molecule has 0 fully saturated rings. The van der Waals surface area contributed by atoms with Crippen LogP contribution >= 0.6 is 22.9 Å². The van der Waals surface area contributed by atoms with Crippen LogP contribution in [0.25, 0.3) is 0 Å². The quantitative estimate of drug-likeness (QED) is 0.864. The summed E-state index contributed by atoms with van der Waals surface area (Å²) >= 11 is 3.06. The summed E-state index contributed by atoms with van der Waals surface area (Å²) in [4.78, 5) is 5.45. The van der Waals surface area contributed by atoms with Crippen molar-refractivity contribution >= 4 is 33.7 Å². The predicted molar refractivity (Wildman–Crippen MR) is 65.4 cm³/mol. The number of nitrogens with two attached hydrogens (primary N) is 1. The fourth-order valence-corrected chi connectivity index (χ4v) is 2.59. The fourth-order valence-electron chi connectivity index (χ4n) is 1.17. The number of nitrogen functional groups attached to an aromatic ring is 1. The number of thiazole rings is 1. The Balaban J connectivity index is 2.05. The maximum Gasteiger partial charge on any atom is 0.142 e. The molecule has 0 aliphatic heterocycles. The van der Waals surface area contributed by atoms with E-state index < -0.39 is 0 Å². The van der Waals surface area contributed by atoms with Crippen molar-refractivity contribution in [2.75, 3.05) is 11.1 Å². The Hall–Kier alpha value is -1.14. The van der Waals surface area contributed by atoms with E-state index in [0.29, 0.717) is 5.82 Å². The number of anilines is 2. The van der Waals surface area contributed by atoms with Gasteiger partial charge in [0.15, 0.2) is 0 Å². The van der Waals surface area contributed by atoms with E-state index in [-0.39, 0.29) is 0 Å². The molecule has 0 bridgehead atoms. The highest BCUT2D eigenvalue weighted by atomic mass is 32.1. The molecule has 0 aliphatic rings. The number of rotatable bonds is 3. The second-order valence-corrected chi connectivity index (χ2v) is 4.95. The first-order valence-electron chi connectivity index (χ1n) is 4.53. The monoisotopic (exact) mass is 240 g/mol. The molecule has 0 saturated heterocycles. The van der Waals surface area contributed by atoms with Crippen molar-refractivity contribution in [1.82, 2.24) is 9.36 Å². The first-order valence-corrected chi connectivity index (χ1v) is 6.18. The third kappa shape index (κ3) is 2.10. The Morgan fingerprint density at radius 1 is 1.47 bits per heavy atom. The van der Waals surface area contributed by atoms with Crippen molar-refractivity contribution < 1.29 is 0 Å². The molecule has 2 rings (SSSR count). The number of hydrogen-bond acceptors (Lipinski definition) is 6. The van der Waals surface area contributed by atoms with E-state index in [2.05, 4.69) is 14.7 Å². The lowest BCUT2D eigenvalue weighted by atomic mass is 10.3. The van der Waals surface area contributed by atoms with Crippen molar-refractivity contribution in [3.8, 4) is 0 Å². The summed E-state index contributed by atoms with van der Waals surface area (Å²) < 4.78 is 4.08. The van der Waals surface area contributed by atoms with Gasteiger partial charge in [0, 0.05) is 10.4 Å². The van der Waals surface area contributed by atoms with Crippen molar-refractivity contribution in [3.63, 3.8) is 0 Å². The fraction of sp³-hybridized carbons (Fsp3) is 0.333. The average molecular weight is 240 g/mol. The van der Waals surface area contributed by atoms with Gasteiger partial charge in [0.1, 0.15) is 10.8 Å². The second kappa shape index (κ2) is 4.16. The van der Waals surface area contributed by atoms with Crippen LogP contribution in [0.3, 0.4) is 0 Å². The van der Waals surface area contributed by atoms with Gasteiger partial charge in [-0.3, -0.25) is 0 Å². The van der Waals surface area contributed by atoms with Crippen LogP contribution in [0.15, 0.2) is 5.51 Å². The molecule has 0 aliphatic carbocycles. The van der Waals surface area contributed by atoms with Crippen molar-refractivity contribution in [1.29, 1.82) is 0 Å². The first kappa shape index (κ1) is 10.4. The van der Waals surface area contributed by atoms with Gasteiger partial charge in [0.2, 0.25) is 0 Å². The lowest BCUT2D eigenvalue weighted by Crippen LogP contribution is -1.98. The zero-order valence-corrected chi connectivity index (χ0v) is 10.2. The van der Waals surface area contributed by atoms with E-state index in [4.69, 9.17) is 5.73 Å². The van der Waals surface area contributed by atoms with Crippen LogP contribution in [0.4, 0.5) is 10.8 Å². The molecule has 15 heavy (non-hydrogen) atoms. The Morgan fingerprint density at radius 3 is 2.80 bits per heavy atom. The minimum Gasteiger partial charge on any atom is -0.383 e. The maximum absolute atomic E-state index is 5.67. The van der Waals surface area contributed by atoms with Crippen molar-refractivity contribution in [2.45, 2.75) is 20.4 Å². The number of aryl methyl sites for hydroxylation is 1. The summed E-state index contributed by atoms with van der Waals surface area (Å²) in [6.45, 7) is 4.78. The van der Waals surface area contributed by atoms with Crippen molar-refractivity contribution in [3.05, 3.63) is 21.6 Å². The van der Waals surface area contributed by atoms with Gasteiger partial charge in [0.25, 0.3) is 0 Å². The third-order valence-corrected chi connectivity index (χ3v) is 4.07. The van der Waals surface area contributed by atoms with E-state index in [1.165, 1.54) is 16.4 Å².